The minimum absolute atomic E-state index is 0.123. The van der Waals surface area contributed by atoms with Crippen LogP contribution in [0, 0.1) is 5.92 Å². The summed E-state index contributed by atoms with van der Waals surface area (Å²) < 4.78 is 0. The van der Waals surface area contributed by atoms with Crippen LogP contribution in [0.5, 0.6) is 0 Å². The first-order chi connectivity index (χ1) is 8.77. The molecule has 1 aliphatic heterocycles. The van der Waals surface area contributed by atoms with Gasteiger partial charge in [0.25, 0.3) is 0 Å². The molecule has 3 heteroatoms. The van der Waals surface area contributed by atoms with E-state index in [2.05, 4.69) is 9.88 Å². The van der Waals surface area contributed by atoms with Gasteiger partial charge in [0.15, 0.2) is 5.78 Å². The van der Waals surface area contributed by atoms with Gasteiger partial charge in [0.05, 0.1) is 5.56 Å². The van der Waals surface area contributed by atoms with Crippen LogP contribution in [0.1, 0.15) is 49.4 Å². The first kappa shape index (κ1) is 11.7. The molecule has 0 N–H and O–H groups in total. The molecule has 0 amide bonds. The third kappa shape index (κ3) is 1.92. The molecule has 0 spiro atoms. The zero-order valence-corrected chi connectivity index (χ0v) is 10.9. The van der Waals surface area contributed by atoms with Crippen molar-refractivity contribution in [3.8, 4) is 0 Å². The fourth-order valence-corrected chi connectivity index (χ4v) is 3.62. The number of fused-ring (bicyclic) bond motifs is 1. The Morgan fingerprint density at radius 3 is 3.00 bits per heavy atom. The Hall–Kier alpha value is -1.38. The maximum Gasteiger partial charge on any atom is 0.163 e. The van der Waals surface area contributed by atoms with Crippen molar-refractivity contribution in [2.24, 2.45) is 5.92 Å². The number of hydrogen-bond donors (Lipinski definition) is 0. The Morgan fingerprint density at radius 1 is 1.33 bits per heavy atom. The third-order valence-corrected chi connectivity index (χ3v) is 4.43. The molecule has 1 aromatic rings. The average molecular weight is 244 g/mol. The van der Waals surface area contributed by atoms with Gasteiger partial charge in [-0.1, -0.05) is 6.42 Å². The zero-order valence-electron chi connectivity index (χ0n) is 10.9. The van der Waals surface area contributed by atoms with E-state index in [1.807, 2.05) is 12.1 Å². The molecule has 1 aromatic heterocycles. The van der Waals surface area contributed by atoms with Gasteiger partial charge in [-0.05, 0) is 50.7 Å². The topological polar surface area (TPSA) is 33.2 Å². The normalized spacial score (nSPS) is 27.1. The number of carbonyl (C=O) groups is 1. The molecule has 1 saturated heterocycles. The molecule has 2 heterocycles. The Morgan fingerprint density at radius 2 is 2.17 bits per heavy atom. The van der Waals surface area contributed by atoms with E-state index in [-0.39, 0.29) is 5.78 Å². The smallest absolute Gasteiger partial charge is 0.163 e. The van der Waals surface area contributed by atoms with Crippen LogP contribution in [-0.2, 0) is 0 Å². The number of hydrogen-bond acceptors (Lipinski definition) is 3. The van der Waals surface area contributed by atoms with E-state index in [1.165, 1.54) is 32.1 Å². The minimum atomic E-state index is 0.123. The lowest BCUT2D eigenvalue weighted by Crippen LogP contribution is -2.43. The molecule has 0 radical (unpaired) electrons. The van der Waals surface area contributed by atoms with Gasteiger partial charge in [0, 0.05) is 18.8 Å². The SMILES string of the molecule is CC(=O)c1cccnc1N1CCCC2CCCC21. The molecule has 2 fully saturated rings. The van der Waals surface area contributed by atoms with Crippen LogP contribution in [0.15, 0.2) is 18.3 Å². The van der Waals surface area contributed by atoms with Crippen molar-refractivity contribution < 1.29 is 4.79 Å². The van der Waals surface area contributed by atoms with Gasteiger partial charge in [-0.15, -0.1) is 0 Å². The Labute approximate surface area is 108 Å². The second kappa shape index (κ2) is 4.71. The third-order valence-electron chi connectivity index (χ3n) is 4.43. The Kier molecular flexibility index (Phi) is 3.06. The quantitative estimate of drug-likeness (QED) is 0.750. The fraction of sp³-hybridized carbons (Fsp3) is 0.600. The zero-order chi connectivity index (χ0) is 12.5. The highest BCUT2D eigenvalue weighted by molar-refractivity contribution is 5.98. The summed E-state index contributed by atoms with van der Waals surface area (Å²) in [7, 11) is 0. The summed E-state index contributed by atoms with van der Waals surface area (Å²) in [5, 5.41) is 0. The molecule has 18 heavy (non-hydrogen) atoms. The number of piperidine rings is 1. The number of aromatic nitrogens is 1. The van der Waals surface area contributed by atoms with E-state index in [1.54, 1.807) is 13.1 Å². The highest BCUT2D eigenvalue weighted by Gasteiger charge is 2.36. The van der Waals surface area contributed by atoms with Crippen LogP contribution in [-0.4, -0.2) is 23.4 Å². The summed E-state index contributed by atoms with van der Waals surface area (Å²) in [5.74, 6) is 1.86. The van der Waals surface area contributed by atoms with Gasteiger partial charge in [-0.25, -0.2) is 4.98 Å². The van der Waals surface area contributed by atoms with Crippen molar-refractivity contribution in [1.29, 1.82) is 0 Å². The van der Waals surface area contributed by atoms with Crippen LogP contribution >= 0.6 is 0 Å². The van der Waals surface area contributed by atoms with Crippen molar-refractivity contribution in [1.82, 2.24) is 4.98 Å². The van der Waals surface area contributed by atoms with Crippen LogP contribution in [0.2, 0.25) is 0 Å². The minimum Gasteiger partial charge on any atom is -0.353 e. The lowest BCUT2D eigenvalue weighted by atomic mass is 9.91. The van der Waals surface area contributed by atoms with Crippen molar-refractivity contribution in [3.63, 3.8) is 0 Å². The first-order valence-electron chi connectivity index (χ1n) is 7.00. The predicted octanol–water partition coefficient (Wildman–Crippen LogP) is 3.05. The second-order valence-electron chi connectivity index (χ2n) is 5.52. The summed E-state index contributed by atoms with van der Waals surface area (Å²) in [6, 6.07) is 4.38. The predicted molar refractivity (Wildman–Crippen MR) is 72.0 cm³/mol. The molecule has 2 atom stereocenters. The van der Waals surface area contributed by atoms with Crippen LogP contribution in [0.4, 0.5) is 5.82 Å². The van der Waals surface area contributed by atoms with Crippen molar-refractivity contribution in [3.05, 3.63) is 23.9 Å². The number of carbonyl (C=O) groups excluding carboxylic acids is 1. The Bertz CT molecular complexity index is 458. The van der Waals surface area contributed by atoms with Gasteiger partial charge in [-0.2, -0.15) is 0 Å². The van der Waals surface area contributed by atoms with E-state index in [0.717, 1.165) is 23.8 Å². The number of nitrogens with zero attached hydrogens (tertiary/aromatic N) is 2. The number of ketones is 1. The molecular formula is C15H20N2O. The van der Waals surface area contributed by atoms with E-state index in [0.29, 0.717) is 6.04 Å². The average Bonchev–Trinajstić information content (AvgIpc) is 2.86. The summed E-state index contributed by atoms with van der Waals surface area (Å²) in [4.78, 5) is 18.6. The van der Waals surface area contributed by atoms with Crippen LogP contribution in [0.3, 0.4) is 0 Å². The maximum atomic E-state index is 11.7. The van der Waals surface area contributed by atoms with Crippen LogP contribution in [0.25, 0.3) is 0 Å². The van der Waals surface area contributed by atoms with Gasteiger partial charge >= 0.3 is 0 Å². The molecule has 0 bridgehead atoms. The van der Waals surface area contributed by atoms with E-state index < -0.39 is 0 Å². The van der Waals surface area contributed by atoms with Crippen molar-refractivity contribution in [2.75, 3.05) is 11.4 Å². The van der Waals surface area contributed by atoms with Crippen LogP contribution < -0.4 is 4.90 Å². The molecule has 2 aliphatic rings. The molecule has 2 unspecified atom stereocenters. The van der Waals surface area contributed by atoms with E-state index in [4.69, 9.17) is 0 Å². The molecule has 1 aliphatic carbocycles. The first-order valence-corrected chi connectivity index (χ1v) is 7.00. The fourth-order valence-electron chi connectivity index (χ4n) is 3.62. The monoisotopic (exact) mass is 244 g/mol. The number of anilines is 1. The highest BCUT2D eigenvalue weighted by atomic mass is 16.1. The molecule has 3 nitrogen and oxygen atoms in total. The molecule has 1 saturated carbocycles. The van der Waals surface area contributed by atoms with Gasteiger partial charge in [0.1, 0.15) is 5.82 Å². The lowest BCUT2D eigenvalue weighted by Gasteiger charge is -2.39. The summed E-state index contributed by atoms with van der Waals surface area (Å²) in [6.07, 6.45) is 8.33. The number of Topliss-reactive ketones (excluding diaryl/α,β-unsaturated/α-hetero) is 1. The summed E-state index contributed by atoms with van der Waals surface area (Å²) in [5.41, 5.74) is 0.782. The highest BCUT2D eigenvalue weighted by Crippen LogP contribution is 2.39. The van der Waals surface area contributed by atoms with Crippen molar-refractivity contribution >= 4 is 11.6 Å². The molecule has 96 valence electrons. The summed E-state index contributed by atoms with van der Waals surface area (Å²) in [6.45, 7) is 2.69. The van der Waals surface area contributed by atoms with Gasteiger partial charge in [-0.3, -0.25) is 4.79 Å². The van der Waals surface area contributed by atoms with Gasteiger partial charge < -0.3 is 4.90 Å². The lowest BCUT2D eigenvalue weighted by molar-refractivity contribution is 0.101. The Balaban J connectivity index is 1.96. The molecular weight excluding hydrogens is 224 g/mol. The maximum absolute atomic E-state index is 11.7. The number of rotatable bonds is 2. The summed E-state index contributed by atoms with van der Waals surface area (Å²) >= 11 is 0. The molecule has 3 rings (SSSR count). The standard InChI is InChI=1S/C15H20N2O/c1-11(18)13-7-3-9-16-15(13)17-10-4-6-12-5-2-8-14(12)17/h3,7,9,12,14H,2,4-6,8,10H2,1H3. The van der Waals surface area contributed by atoms with E-state index >= 15 is 0 Å². The largest absolute Gasteiger partial charge is 0.353 e. The molecule has 0 aromatic carbocycles. The van der Waals surface area contributed by atoms with Gasteiger partial charge in [0.2, 0.25) is 0 Å². The van der Waals surface area contributed by atoms with Crippen molar-refractivity contribution in [2.45, 2.75) is 45.1 Å². The second-order valence-corrected chi connectivity index (χ2v) is 5.52. The van der Waals surface area contributed by atoms with E-state index in [9.17, 15) is 4.79 Å². The number of pyridine rings is 1.